The van der Waals surface area contributed by atoms with Crippen LogP contribution in [0.1, 0.15) is 18.4 Å². The number of carbonyl (C=O) groups is 1. The quantitative estimate of drug-likeness (QED) is 0.491. The number of benzene rings is 2. The Hall–Kier alpha value is -2.96. The van der Waals surface area contributed by atoms with E-state index in [0.29, 0.717) is 37.3 Å². The van der Waals surface area contributed by atoms with Gasteiger partial charge in [0.2, 0.25) is 5.91 Å². The van der Waals surface area contributed by atoms with Crippen LogP contribution >= 0.6 is 0 Å². The summed E-state index contributed by atoms with van der Waals surface area (Å²) in [7, 11) is 0. The van der Waals surface area contributed by atoms with Crippen molar-refractivity contribution in [2.75, 3.05) is 13.2 Å². The topological polar surface area (TPSA) is 47.6 Å². The number of ether oxygens (including phenoxy) is 2. The number of hydrogen-bond donors (Lipinski definition) is 1. The van der Waals surface area contributed by atoms with Gasteiger partial charge in [-0.25, -0.2) is 4.39 Å². The molecule has 0 saturated carbocycles. The molecule has 0 saturated heterocycles. The second kappa shape index (κ2) is 10.9. The van der Waals surface area contributed by atoms with Crippen molar-refractivity contribution in [3.05, 3.63) is 66.0 Å². The molecular formula is C20H20F3NO3. The van der Waals surface area contributed by atoms with E-state index in [1.807, 2.05) is 0 Å². The van der Waals surface area contributed by atoms with Gasteiger partial charge in [-0.1, -0.05) is 18.2 Å². The molecular weight excluding hydrogens is 359 g/mol. The summed E-state index contributed by atoms with van der Waals surface area (Å²) in [6, 6.07) is 12.0. The fraction of sp³-hybridized carbons (Fsp3) is 0.250. The molecule has 27 heavy (non-hydrogen) atoms. The first-order valence-electron chi connectivity index (χ1n) is 8.43. The highest BCUT2D eigenvalue weighted by atomic mass is 19.3. The zero-order chi connectivity index (χ0) is 19.5. The number of halogens is 3. The Morgan fingerprint density at radius 2 is 1.81 bits per heavy atom. The van der Waals surface area contributed by atoms with E-state index in [2.05, 4.69) is 10.1 Å². The van der Waals surface area contributed by atoms with Crippen molar-refractivity contribution in [2.24, 2.45) is 0 Å². The van der Waals surface area contributed by atoms with Gasteiger partial charge in [-0.3, -0.25) is 4.79 Å². The van der Waals surface area contributed by atoms with Crippen LogP contribution in [-0.2, 0) is 4.79 Å². The van der Waals surface area contributed by atoms with E-state index in [-0.39, 0.29) is 17.5 Å². The molecule has 2 aromatic carbocycles. The van der Waals surface area contributed by atoms with Gasteiger partial charge in [0.1, 0.15) is 17.3 Å². The van der Waals surface area contributed by atoms with E-state index in [4.69, 9.17) is 4.74 Å². The minimum atomic E-state index is -2.93. The normalized spacial score (nSPS) is 11.0. The number of hydrogen-bond acceptors (Lipinski definition) is 3. The molecule has 7 heteroatoms. The van der Waals surface area contributed by atoms with Crippen molar-refractivity contribution in [3.63, 3.8) is 0 Å². The third kappa shape index (κ3) is 7.85. The van der Waals surface area contributed by atoms with Crippen molar-refractivity contribution in [3.8, 4) is 11.5 Å². The van der Waals surface area contributed by atoms with Gasteiger partial charge in [0.15, 0.2) is 0 Å². The summed E-state index contributed by atoms with van der Waals surface area (Å²) in [4.78, 5) is 11.8. The van der Waals surface area contributed by atoms with E-state index >= 15 is 0 Å². The number of nitrogens with one attached hydrogen (secondary N) is 1. The molecule has 0 spiro atoms. The van der Waals surface area contributed by atoms with Crippen molar-refractivity contribution in [1.82, 2.24) is 5.32 Å². The van der Waals surface area contributed by atoms with Crippen LogP contribution in [0.25, 0.3) is 6.08 Å². The molecule has 0 radical (unpaired) electrons. The Kier molecular flexibility index (Phi) is 8.22. The van der Waals surface area contributed by atoms with Crippen LogP contribution < -0.4 is 14.8 Å². The minimum absolute atomic E-state index is 0.00879. The standard InChI is InChI=1S/C20H20F3NO3/c21-16-8-10-17(11-9-16)26-14-4-3-13-24-19(25)12-7-15-5-1-2-6-18(15)27-20(22)23/h1-2,5-12,20H,3-4,13-14H2,(H,24,25)/b12-7+. The van der Waals surface area contributed by atoms with Crippen molar-refractivity contribution < 1.29 is 27.4 Å². The van der Waals surface area contributed by atoms with Gasteiger partial charge >= 0.3 is 6.61 Å². The molecule has 0 aliphatic rings. The predicted molar refractivity (Wildman–Crippen MR) is 96.2 cm³/mol. The van der Waals surface area contributed by atoms with E-state index < -0.39 is 6.61 Å². The van der Waals surface area contributed by atoms with Crippen LogP contribution in [0.3, 0.4) is 0 Å². The van der Waals surface area contributed by atoms with E-state index in [9.17, 15) is 18.0 Å². The minimum Gasteiger partial charge on any atom is -0.494 e. The summed E-state index contributed by atoms with van der Waals surface area (Å²) in [6.45, 7) is -2.02. The molecule has 4 nitrogen and oxygen atoms in total. The Labute approximate surface area is 155 Å². The lowest BCUT2D eigenvalue weighted by atomic mass is 10.2. The maximum Gasteiger partial charge on any atom is 0.387 e. The number of alkyl halides is 2. The fourth-order valence-electron chi connectivity index (χ4n) is 2.21. The summed E-state index contributed by atoms with van der Waals surface area (Å²) in [5.41, 5.74) is 0.389. The number of amides is 1. The van der Waals surface area contributed by atoms with Crippen LogP contribution in [0.4, 0.5) is 13.2 Å². The van der Waals surface area contributed by atoms with Gasteiger partial charge in [0, 0.05) is 18.2 Å². The zero-order valence-electron chi connectivity index (χ0n) is 14.5. The number of unbranched alkanes of at least 4 members (excludes halogenated alkanes) is 1. The molecule has 0 aliphatic heterocycles. The predicted octanol–water partition coefficient (Wildman–Crippen LogP) is 4.42. The van der Waals surface area contributed by atoms with E-state index in [1.165, 1.54) is 30.4 Å². The molecule has 0 heterocycles. The van der Waals surface area contributed by atoms with Crippen LogP contribution in [0, 0.1) is 5.82 Å². The second-order valence-corrected chi connectivity index (χ2v) is 5.55. The maximum absolute atomic E-state index is 12.8. The first-order valence-corrected chi connectivity index (χ1v) is 8.43. The molecule has 1 N–H and O–H groups in total. The summed E-state index contributed by atoms with van der Waals surface area (Å²) in [5, 5.41) is 2.70. The van der Waals surface area contributed by atoms with Crippen molar-refractivity contribution in [1.29, 1.82) is 0 Å². The van der Waals surface area contributed by atoms with Gasteiger partial charge < -0.3 is 14.8 Å². The Balaban J connectivity index is 1.66. The lowest BCUT2D eigenvalue weighted by molar-refractivity contribution is -0.116. The number of para-hydroxylation sites is 1. The second-order valence-electron chi connectivity index (χ2n) is 5.55. The Bertz CT molecular complexity index is 748. The Morgan fingerprint density at radius 3 is 2.56 bits per heavy atom. The fourth-order valence-corrected chi connectivity index (χ4v) is 2.21. The van der Waals surface area contributed by atoms with Crippen LogP contribution in [0.2, 0.25) is 0 Å². The molecule has 2 rings (SSSR count). The van der Waals surface area contributed by atoms with Crippen LogP contribution in [-0.4, -0.2) is 25.7 Å². The van der Waals surface area contributed by atoms with E-state index in [0.717, 1.165) is 0 Å². The SMILES string of the molecule is O=C(/C=C/c1ccccc1OC(F)F)NCCCCOc1ccc(F)cc1. The molecule has 0 aliphatic carbocycles. The summed E-state index contributed by atoms with van der Waals surface area (Å²) < 4.78 is 47.3. The average Bonchev–Trinajstić information content (AvgIpc) is 2.65. The van der Waals surface area contributed by atoms with Crippen LogP contribution in [0.15, 0.2) is 54.6 Å². The molecule has 0 unspecified atom stereocenters. The average molecular weight is 379 g/mol. The number of carbonyl (C=O) groups excluding carboxylic acids is 1. The van der Waals surface area contributed by atoms with Gasteiger partial charge in [-0.15, -0.1) is 0 Å². The summed E-state index contributed by atoms with van der Waals surface area (Å²) in [5.74, 6) is -0.0506. The van der Waals surface area contributed by atoms with Crippen molar-refractivity contribution in [2.45, 2.75) is 19.5 Å². The first-order chi connectivity index (χ1) is 13.0. The molecule has 0 fully saturated rings. The lowest BCUT2D eigenvalue weighted by Crippen LogP contribution is -2.22. The maximum atomic E-state index is 12.8. The van der Waals surface area contributed by atoms with Gasteiger partial charge in [-0.05, 0) is 49.2 Å². The summed E-state index contributed by atoms with van der Waals surface area (Å²) >= 11 is 0. The molecule has 0 aromatic heterocycles. The third-order valence-corrected chi connectivity index (χ3v) is 3.50. The summed E-state index contributed by atoms with van der Waals surface area (Å²) in [6.07, 6.45) is 4.10. The first kappa shape index (κ1) is 20.4. The lowest BCUT2D eigenvalue weighted by Gasteiger charge is -2.07. The van der Waals surface area contributed by atoms with Crippen molar-refractivity contribution >= 4 is 12.0 Å². The highest BCUT2D eigenvalue weighted by Gasteiger charge is 2.07. The molecule has 1 amide bonds. The van der Waals surface area contributed by atoms with Gasteiger partial charge in [0.25, 0.3) is 0 Å². The Morgan fingerprint density at radius 1 is 1.07 bits per heavy atom. The molecule has 2 aromatic rings. The van der Waals surface area contributed by atoms with Gasteiger partial charge in [0.05, 0.1) is 6.61 Å². The monoisotopic (exact) mass is 379 g/mol. The smallest absolute Gasteiger partial charge is 0.387 e. The molecule has 0 bridgehead atoms. The van der Waals surface area contributed by atoms with E-state index in [1.54, 1.807) is 30.3 Å². The highest BCUT2D eigenvalue weighted by molar-refractivity contribution is 5.92. The zero-order valence-corrected chi connectivity index (χ0v) is 14.5. The molecule has 144 valence electrons. The third-order valence-electron chi connectivity index (χ3n) is 3.50. The van der Waals surface area contributed by atoms with Gasteiger partial charge in [-0.2, -0.15) is 8.78 Å². The van der Waals surface area contributed by atoms with Crippen LogP contribution in [0.5, 0.6) is 11.5 Å². The number of rotatable bonds is 10. The highest BCUT2D eigenvalue weighted by Crippen LogP contribution is 2.21. The largest absolute Gasteiger partial charge is 0.494 e. The molecule has 0 atom stereocenters.